The number of hydrogen-bond acceptors (Lipinski definition) is 6. The molecule has 13 heteroatoms. The van der Waals surface area contributed by atoms with Crippen molar-refractivity contribution in [2.24, 2.45) is 0 Å². The maximum absolute atomic E-state index is 13.6. The molecule has 7 nitrogen and oxygen atoms in total. The summed E-state index contributed by atoms with van der Waals surface area (Å²) >= 11 is 0. The average molecular weight is 475 g/mol. The number of anilines is 1. The molecule has 0 saturated carbocycles. The number of pyridine rings is 1. The van der Waals surface area contributed by atoms with Crippen molar-refractivity contribution in [1.29, 1.82) is 0 Å². The van der Waals surface area contributed by atoms with Crippen molar-refractivity contribution in [3.8, 4) is 11.4 Å². The molecule has 0 spiro atoms. The Morgan fingerprint density at radius 1 is 1.15 bits per heavy atom. The molecule has 178 valence electrons. The van der Waals surface area contributed by atoms with Crippen LogP contribution < -0.4 is 5.32 Å². The quantitative estimate of drug-likeness (QED) is 0.555. The highest BCUT2D eigenvalue weighted by Crippen LogP contribution is 2.38. The molecule has 0 unspecified atom stereocenters. The smallest absolute Gasteiger partial charge is 0.389 e. The third kappa shape index (κ3) is 4.74. The second-order valence-electron chi connectivity index (χ2n) is 7.74. The lowest BCUT2D eigenvalue weighted by atomic mass is 10.0. The number of halogens is 6. The van der Waals surface area contributed by atoms with Crippen LogP contribution >= 0.6 is 0 Å². The van der Waals surface area contributed by atoms with Gasteiger partial charge in [-0.1, -0.05) is 6.07 Å². The molecule has 0 amide bonds. The van der Waals surface area contributed by atoms with Crippen molar-refractivity contribution in [3.05, 3.63) is 41.7 Å². The number of alkyl halides is 6. The lowest BCUT2D eigenvalue weighted by molar-refractivity contribution is -0.146. The minimum Gasteiger partial charge on any atom is -0.389 e. The molecule has 4 heterocycles. The van der Waals surface area contributed by atoms with Crippen molar-refractivity contribution in [2.75, 3.05) is 18.5 Å². The van der Waals surface area contributed by atoms with E-state index in [9.17, 15) is 31.4 Å². The van der Waals surface area contributed by atoms with Crippen molar-refractivity contribution in [2.45, 2.75) is 43.8 Å². The van der Waals surface area contributed by atoms with Crippen LogP contribution in [-0.2, 0) is 10.9 Å². The second kappa shape index (κ2) is 8.45. The lowest BCUT2D eigenvalue weighted by Crippen LogP contribution is -2.42. The van der Waals surface area contributed by atoms with Crippen molar-refractivity contribution >= 4 is 11.5 Å². The molecular formula is C20H19F6N5O2. The fraction of sp³-hybridized carbons (Fsp3) is 0.450. The van der Waals surface area contributed by atoms with Gasteiger partial charge in [-0.2, -0.15) is 26.3 Å². The third-order valence-corrected chi connectivity index (χ3v) is 5.50. The van der Waals surface area contributed by atoms with Crippen LogP contribution in [0.1, 0.15) is 30.4 Å². The van der Waals surface area contributed by atoms with Crippen LogP contribution in [0, 0.1) is 0 Å². The maximum atomic E-state index is 13.6. The number of aliphatic hydroxyl groups is 1. The molecule has 1 fully saturated rings. The van der Waals surface area contributed by atoms with Gasteiger partial charge in [-0.3, -0.25) is 4.98 Å². The summed E-state index contributed by atoms with van der Waals surface area (Å²) in [6.45, 7) is 1.46. The van der Waals surface area contributed by atoms with Gasteiger partial charge < -0.3 is 15.2 Å². The van der Waals surface area contributed by atoms with Gasteiger partial charge in [0.25, 0.3) is 0 Å². The number of fused-ring (bicyclic) bond motifs is 1. The largest absolute Gasteiger partial charge is 0.418 e. The normalized spacial score (nSPS) is 20.7. The zero-order valence-electron chi connectivity index (χ0n) is 17.2. The fourth-order valence-electron chi connectivity index (χ4n) is 3.53. The van der Waals surface area contributed by atoms with Crippen molar-refractivity contribution in [1.82, 2.24) is 19.6 Å². The number of nitrogens with one attached hydrogen (secondary N) is 1. The van der Waals surface area contributed by atoms with Gasteiger partial charge in [0.05, 0.1) is 53.3 Å². The van der Waals surface area contributed by atoms with E-state index in [1.807, 2.05) is 0 Å². The predicted octanol–water partition coefficient (Wildman–Crippen LogP) is 4.04. The fourth-order valence-corrected chi connectivity index (χ4v) is 3.53. The number of hydrogen-bond donors (Lipinski definition) is 2. The number of ether oxygens (including phenoxy) is 1. The Bertz CT molecular complexity index is 1130. The first-order chi connectivity index (χ1) is 15.4. The number of rotatable bonds is 4. The molecular weight excluding hydrogens is 456 g/mol. The van der Waals surface area contributed by atoms with E-state index in [-0.39, 0.29) is 35.0 Å². The zero-order valence-corrected chi connectivity index (χ0v) is 17.2. The van der Waals surface area contributed by atoms with E-state index in [2.05, 4.69) is 20.4 Å². The highest BCUT2D eigenvalue weighted by molar-refractivity contribution is 5.69. The predicted molar refractivity (Wildman–Crippen MR) is 105 cm³/mol. The van der Waals surface area contributed by atoms with Gasteiger partial charge in [-0.25, -0.2) is 9.50 Å². The van der Waals surface area contributed by atoms with E-state index < -0.39 is 36.0 Å². The summed E-state index contributed by atoms with van der Waals surface area (Å²) in [5.74, 6) is -1.81. The molecule has 3 aromatic heterocycles. The molecule has 4 rings (SSSR count). The molecule has 0 aliphatic carbocycles. The summed E-state index contributed by atoms with van der Waals surface area (Å²) < 4.78 is 85.8. The Hall–Kier alpha value is -2.93. The molecule has 33 heavy (non-hydrogen) atoms. The molecule has 0 aromatic carbocycles. The third-order valence-electron chi connectivity index (χ3n) is 5.50. The van der Waals surface area contributed by atoms with Crippen LogP contribution in [0.2, 0.25) is 0 Å². The van der Waals surface area contributed by atoms with Gasteiger partial charge in [0, 0.05) is 12.8 Å². The van der Waals surface area contributed by atoms with Gasteiger partial charge >= 0.3 is 12.4 Å². The first kappa shape index (κ1) is 23.2. The summed E-state index contributed by atoms with van der Waals surface area (Å²) in [6, 6.07) is 2.76. The molecule has 3 aromatic rings. The summed E-state index contributed by atoms with van der Waals surface area (Å²) in [5.41, 5.74) is -1.53. The monoisotopic (exact) mass is 475 g/mol. The SMILES string of the molecule is C[C@H](c1ccc(-c2cc(C(F)(F)F)c3cnc(N[C@@H]4CCOC[C@H]4O)nn23)nc1)C(F)(F)F. The number of nitrogens with zero attached hydrogens (tertiary/aromatic N) is 4. The minimum atomic E-state index is -4.72. The Labute approximate surface area is 183 Å². The van der Waals surface area contributed by atoms with E-state index in [0.717, 1.165) is 29.9 Å². The van der Waals surface area contributed by atoms with Crippen LogP contribution in [-0.4, -0.2) is 56.2 Å². The number of aromatic nitrogens is 4. The van der Waals surface area contributed by atoms with E-state index in [4.69, 9.17) is 4.74 Å². The standard InChI is InChI=1S/C20H19F6N5O2/c1-10(19(21,22)23)11-2-3-13(27-7-11)15-6-12(20(24,25)26)16-8-28-18(30-31(15)16)29-14-4-5-33-9-17(14)32/h2-3,6-8,10,14,17,32H,4-5,9H2,1H3,(H,29,30)/t10-,14-,17-/m1/s1. The topological polar surface area (TPSA) is 84.6 Å². The van der Waals surface area contributed by atoms with Crippen LogP contribution in [0.15, 0.2) is 30.6 Å². The summed E-state index contributed by atoms with van der Waals surface area (Å²) in [7, 11) is 0. The molecule has 1 aliphatic rings. The second-order valence-corrected chi connectivity index (χ2v) is 7.74. The van der Waals surface area contributed by atoms with Crippen LogP contribution in [0.4, 0.5) is 32.3 Å². The van der Waals surface area contributed by atoms with E-state index in [1.165, 1.54) is 12.1 Å². The van der Waals surface area contributed by atoms with E-state index in [1.54, 1.807) is 0 Å². The first-order valence-corrected chi connectivity index (χ1v) is 9.96. The van der Waals surface area contributed by atoms with Gasteiger partial charge in [0.15, 0.2) is 0 Å². The van der Waals surface area contributed by atoms with E-state index in [0.29, 0.717) is 13.0 Å². The molecule has 3 atom stereocenters. The highest BCUT2D eigenvalue weighted by Gasteiger charge is 2.38. The van der Waals surface area contributed by atoms with Crippen molar-refractivity contribution < 1.29 is 36.2 Å². The Kier molecular flexibility index (Phi) is 5.95. The zero-order chi connectivity index (χ0) is 24.0. The van der Waals surface area contributed by atoms with Crippen molar-refractivity contribution in [3.63, 3.8) is 0 Å². The Morgan fingerprint density at radius 2 is 1.91 bits per heavy atom. The Morgan fingerprint density at radius 3 is 2.52 bits per heavy atom. The average Bonchev–Trinajstić information content (AvgIpc) is 3.14. The molecule has 0 bridgehead atoms. The minimum absolute atomic E-state index is 0.00868. The van der Waals surface area contributed by atoms with Crippen LogP contribution in [0.3, 0.4) is 0 Å². The summed E-state index contributed by atoms with van der Waals surface area (Å²) in [5, 5.41) is 17.1. The van der Waals surface area contributed by atoms with Gasteiger partial charge in [-0.15, -0.1) is 5.10 Å². The lowest BCUT2D eigenvalue weighted by Gasteiger charge is -2.28. The van der Waals surface area contributed by atoms with Gasteiger partial charge in [0.2, 0.25) is 5.95 Å². The van der Waals surface area contributed by atoms with Crippen LogP contribution in [0.5, 0.6) is 0 Å². The summed E-state index contributed by atoms with van der Waals surface area (Å²) in [4.78, 5) is 7.90. The summed E-state index contributed by atoms with van der Waals surface area (Å²) in [6.07, 6.45) is -7.63. The maximum Gasteiger partial charge on any atom is 0.418 e. The molecule has 0 radical (unpaired) electrons. The van der Waals surface area contributed by atoms with Gasteiger partial charge in [-0.05, 0) is 31.0 Å². The van der Waals surface area contributed by atoms with E-state index >= 15 is 0 Å². The first-order valence-electron chi connectivity index (χ1n) is 9.96. The molecule has 2 N–H and O–H groups in total. The Balaban J connectivity index is 1.75. The molecule has 1 saturated heterocycles. The molecule has 1 aliphatic heterocycles. The number of aliphatic hydroxyl groups excluding tert-OH is 1. The van der Waals surface area contributed by atoms with Crippen LogP contribution in [0.25, 0.3) is 16.9 Å². The van der Waals surface area contributed by atoms with Gasteiger partial charge in [0.1, 0.15) is 0 Å². The highest BCUT2D eigenvalue weighted by atomic mass is 19.4.